The third-order valence-corrected chi connectivity index (χ3v) is 9.22. The van der Waals surface area contributed by atoms with Crippen molar-refractivity contribution in [3.63, 3.8) is 0 Å². The molecule has 1 unspecified atom stereocenters. The van der Waals surface area contributed by atoms with Gasteiger partial charge in [0.2, 0.25) is 5.91 Å². The molecule has 1 atom stereocenters. The number of aliphatic hydroxyl groups is 1. The van der Waals surface area contributed by atoms with Crippen molar-refractivity contribution in [1.29, 1.82) is 0 Å². The van der Waals surface area contributed by atoms with Crippen LogP contribution in [0.3, 0.4) is 0 Å². The molecule has 1 heterocycles. The van der Waals surface area contributed by atoms with E-state index in [4.69, 9.17) is 0 Å². The van der Waals surface area contributed by atoms with Gasteiger partial charge in [-0.25, -0.2) is 4.39 Å². The Bertz CT molecular complexity index is 912. The lowest BCUT2D eigenvalue weighted by atomic mass is 9.54. The molecular formula is C21H28FN3O4S. The first-order valence-corrected chi connectivity index (χ1v) is 12.2. The molecule has 30 heavy (non-hydrogen) atoms. The molecule has 9 heteroatoms. The number of hydrogen-bond donors (Lipinski definition) is 2. The van der Waals surface area contributed by atoms with E-state index in [9.17, 15) is 22.7 Å². The lowest BCUT2D eigenvalue weighted by molar-refractivity contribution is -0.125. The minimum atomic E-state index is -4.12. The van der Waals surface area contributed by atoms with Crippen molar-refractivity contribution in [2.24, 2.45) is 23.7 Å². The molecule has 1 amide bonds. The molecule has 6 rings (SSSR count). The number of anilines is 1. The van der Waals surface area contributed by atoms with Crippen LogP contribution in [0.5, 0.6) is 0 Å². The molecule has 0 spiro atoms. The molecule has 0 aromatic heterocycles. The fourth-order valence-corrected chi connectivity index (χ4v) is 8.06. The number of nitrogens with one attached hydrogen (secondary N) is 1. The van der Waals surface area contributed by atoms with Gasteiger partial charge in [-0.1, -0.05) is 12.1 Å². The topological polar surface area (TPSA) is 90.0 Å². The van der Waals surface area contributed by atoms with Crippen LogP contribution in [0.15, 0.2) is 24.3 Å². The Morgan fingerprint density at radius 1 is 1.07 bits per heavy atom. The number of para-hydroxylation sites is 1. The number of β-amino-alcohol motifs (C(OH)–C–C–N with tert-alkyl or cyclic N) is 1. The SMILES string of the molecule is O=C(CN1CC(O)CN(c2ccccc2F)S1(=O)=O)NC1C2CC3CC(C2)CC1C3. The van der Waals surface area contributed by atoms with Crippen LogP contribution in [0.25, 0.3) is 0 Å². The number of carbonyl (C=O) groups excluding carboxylic acids is 1. The monoisotopic (exact) mass is 437 g/mol. The van der Waals surface area contributed by atoms with E-state index in [1.807, 2.05) is 0 Å². The van der Waals surface area contributed by atoms with E-state index in [-0.39, 0.29) is 37.3 Å². The Morgan fingerprint density at radius 2 is 1.70 bits per heavy atom. The summed E-state index contributed by atoms with van der Waals surface area (Å²) in [5.41, 5.74) is -0.123. The van der Waals surface area contributed by atoms with E-state index in [2.05, 4.69) is 5.32 Å². The Labute approximate surface area is 176 Å². The van der Waals surface area contributed by atoms with Crippen molar-refractivity contribution < 1.29 is 22.7 Å². The van der Waals surface area contributed by atoms with Crippen molar-refractivity contribution in [3.8, 4) is 0 Å². The van der Waals surface area contributed by atoms with E-state index in [1.54, 1.807) is 6.07 Å². The normalized spacial score (nSPS) is 37.3. The summed E-state index contributed by atoms with van der Waals surface area (Å²) < 4.78 is 42.2. The molecule has 1 aromatic rings. The number of halogens is 1. The summed E-state index contributed by atoms with van der Waals surface area (Å²) in [6.07, 6.45) is 4.92. The van der Waals surface area contributed by atoms with Crippen LogP contribution in [0.4, 0.5) is 10.1 Å². The van der Waals surface area contributed by atoms with Gasteiger partial charge < -0.3 is 10.4 Å². The molecule has 4 bridgehead atoms. The van der Waals surface area contributed by atoms with Gasteiger partial charge in [-0.2, -0.15) is 12.7 Å². The maximum Gasteiger partial charge on any atom is 0.304 e. The standard InChI is InChI=1S/C21H28FN3O4S/c22-18-3-1-2-4-19(18)25-11-17(26)10-24(30(25,28)29)12-20(27)23-21-15-6-13-5-14(8-15)9-16(21)7-13/h1-4,13-17,21,26H,5-12H2,(H,23,27). The lowest BCUT2D eigenvalue weighted by Gasteiger charge is -2.54. The highest BCUT2D eigenvalue weighted by Crippen LogP contribution is 2.53. The highest BCUT2D eigenvalue weighted by molar-refractivity contribution is 7.90. The van der Waals surface area contributed by atoms with E-state index in [0.717, 1.165) is 46.1 Å². The second-order valence-electron chi connectivity index (χ2n) is 9.46. The van der Waals surface area contributed by atoms with Gasteiger partial charge in [-0.05, 0) is 67.9 Å². The van der Waals surface area contributed by atoms with Gasteiger partial charge >= 0.3 is 10.2 Å². The molecule has 1 aromatic carbocycles. The number of amides is 1. The summed E-state index contributed by atoms with van der Waals surface area (Å²) in [6, 6.07) is 5.67. The highest BCUT2D eigenvalue weighted by Gasteiger charge is 2.49. The number of nitrogens with zero attached hydrogens (tertiary/aromatic N) is 2. The average Bonchev–Trinajstić information content (AvgIpc) is 2.67. The molecule has 1 saturated heterocycles. The van der Waals surface area contributed by atoms with Crippen molar-refractivity contribution in [3.05, 3.63) is 30.1 Å². The molecule has 5 aliphatic rings. The van der Waals surface area contributed by atoms with Crippen molar-refractivity contribution in [2.45, 2.75) is 44.2 Å². The van der Waals surface area contributed by atoms with Crippen LogP contribution in [0.1, 0.15) is 32.1 Å². The van der Waals surface area contributed by atoms with Crippen LogP contribution in [0, 0.1) is 29.5 Å². The van der Waals surface area contributed by atoms with Crippen molar-refractivity contribution >= 4 is 21.8 Å². The zero-order valence-electron chi connectivity index (χ0n) is 16.8. The second-order valence-corrected chi connectivity index (χ2v) is 11.3. The first-order chi connectivity index (χ1) is 14.3. The lowest BCUT2D eigenvalue weighted by Crippen LogP contribution is -2.60. The molecule has 0 radical (unpaired) electrons. The predicted molar refractivity (Wildman–Crippen MR) is 109 cm³/mol. The molecular weight excluding hydrogens is 409 g/mol. The van der Waals surface area contributed by atoms with Gasteiger partial charge in [0.25, 0.3) is 0 Å². The zero-order chi connectivity index (χ0) is 21.0. The first kappa shape index (κ1) is 20.2. The summed E-state index contributed by atoms with van der Waals surface area (Å²) in [5.74, 6) is 1.51. The third-order valence-electron chi connectivity index (χ3n) is 7.39. The minimum absolute atomic E-state index is 0.116. The summed E-state index contributed by atoms with van der Waals surface area (Å²) in [5, 5.41) is 13.3. The van der Waals surface area contributed by atoms with Gasteiger partial charge in [0.05, 0.1) is 24.9 Å². The molecule has 164 valence electrons. The average molecular weight is 438 g/mol. The van der Waals surface area contributed by atoms with E-state index >= 15 is 0 Å². The quantitative estimate of drug-likeness (QED) is 0.747. The Balaban J connectivity index is 1.30. The molecule has 5 fully saturated rings. The molecule has 7 nitrogen and oxygen atoms in total. The predicted octanol–water partition coefficient (Wildman–Crippen LogP) is 1.49. The fourth-order valence-electron chi connectivity index (χ4n) is 6.39. The summed E-state index contributed by atoms with van der Waals surface area (Å²) in [4.78, 5) is 12.8. The fraction of sp³-hybridized carbons (Fsp3) is 0.667. The van der Waals surface area contributed by atoms with E-state index < -0.39 is 22.1 Å². The number of benzene rings is 1. The number of rotatable bonds is 4. The van der Waals surface area contributed by atoms with Gasteiger partial charge in [-0.15, -0.1) is 0 Å². The van der Waals surface area contributed by atoms with E-state index in [0.29, 0.717) is 11.8 Å². The summed E-state index contributed by atoms with van der Waals surface area (Å²) >= 11 is 0. The van der Waals surface area contributed by atoms with Crippen molar-refractivity contribution in [1.82, 2.24) is 9.62 Å². The smallest absolute Gasteiger partial charge is 0.304 e. The van der Waals surface area contributed by atoms with Gasteiger partial charge in [0, 0.05) is 12.6 Å². The number of hydrogen-bond acceptors (Lipinski definition) is 4. The van der Waals surface area contributed by atoms with Gasteiger partial charge in [0.15, 0.2) is 0 Å². The molecule has 2 N–H and O–H groups in total. The first-order valence-electron chi connectivity index (χ1n) is 10.8. The van der Waals surface area contributed by atoms with Crippen molar-refractivity contribution in [2.75, 3.05) is 23.9 Å². The molecule has 4 aliphatic carbocycles. The van der Waals surface area contributed by atoms with Crippen LogP contribution < -0.4 is 9.62 Å². The van der Waals surface area contributed by atoms with Crippen LogP contribution in [-0.2, 0) is 15.0 Å². The third kappa shape index (κ3) is 3.50. The minimum Gasteiger partial charge on any atom is -0.390 e. The summed E-state index contributed by atoms with van der Waals surface area (Å²) in [6.45, 7) is -0.785. The van der Waals surface area contributed by atoms with Crippen LogP contribution in [-0.4, -0.2) is 55.5 Å². The Hall–Kier alpha value is -1.71. The molecule has 4 saturated carbocycles. The van der Waals surface area contributed by atoms with Gasteiger partial charge in [0.1, 0.15) is 5.82 Å². The number of aliphatic hydroxyl groups excluding tert-OH is 1. The molecule has 1 aliphatic heterocycles. The number of carbonyl (C=O) groups is 1. The zero-order valence-corrected chi connectivity index (χ0v) is 17.6. The Morgan fingerprint density at radius 3 is 2.33 bits per heavy atom. The summed E-state index contributed by atoms with van der Waals surface area (Å²) in [7, 11) is -4.12. The van der Waals surface area contributed by atoms with Crippen LogP contribution >= 0.6 is 0 Å². The van der Waals surface area contributed by atoms with Crippen LogP contribution in [0.2, 0.25) is 0 Å². The highest BCUT2D eigenvalue weighted by atomic mass is 32.2. The Kier molecular flexibility index (Phi) is 5.02. The van der Waals surface area contributed by atoms with E-state index in [1.165, 1.54) is 24.6 Å². The van der Waals surface area contributed by atoms with Gasteiger partial charge in [-0.3, -0.25) is 9.10 Å². The maximum absolute atomic E-state index is 14.2. The second kappa shape index (κ2) is 7.46. The maximum atomic E-state index is 14.2. The largest absolute Gasteiger partial charge is 0.390 e.